The van der Waals surface area contributed by atoms with E-state index in [9.17, 15) is 4.79 Å². The van der Waals surface area contributed by atoms with Crippen molar-refractivity contribution in [3.8, 4) is 0 Å². The van der Waals surface area contributed by atoms with Crippen LogP contribution in [0.25, 0.3) is 0 Å². The monoisotopic (exact) mass is 124 g/mol. The van der Waals surface area contributed by atoms with E-state index < -0.39 is 0 Å². The normalized spacial score (nSPS) is 15.3. The standard InChI is InChI=1S/C7H8O2/c1-2-9-7(8)6-4-3-5-6/h2,4H,1,3,5H2. The molecule has 0 fully saturated rings. The zero-order valence-electron chi connectivity index (χ0n) is 5.09. The average Bonchev–Trinajstić information content (AvgIpc) is 1.60. The van der Waals surface area contributed by atoms with Crippen molar-refractivity contribution in [2.24, 2.45) is 0 Å². The van der Waals surface area contributed by atoms with Crippen LogP contribution in [0.5, 0.6) is 0 Å². The number of carbonyl (C=O) groups is 1. The summed E-state index contributed by atoms with van der Waals surface area (Å²) < 4.78 is 4.50. The molecule has 1 aliphatic carbocycles. The van der Waals surface area contributed by atoms with E-state index in [1.54, 1.807) is 0 Å². The largest absolute Gasteiger partial charge is 0.432 e. The number of carbonyl (C=O) groups excluding carboxylic acids is 1. The summed E-state index contributed by atoms with van der Waals surface area (Å²) in [4.78, 5) is 10.7. The molecule has 0 aliphatic heterocycles. The second-order valence-electron chi connectivity index (χ2n) is 1.84. The molecule has 2 nitrogen and oxygen atoms in total. The lowest BCUT2D eigenvalue weighted by Gasteiger charge is -2.10. The molecule has 1 rings (SSSR count). The van der Waals surface area contributed by atoms with Crippen molar-refractivity contribution >= 4 is 5.97 Å². The first kappa shape index (κ1) is 6.08. The molecule has 0 bridgehead atoms. The summed E-state index contributed by atoms with van der Waals surface area (Å²) in [5, 5.41) is 0. The molecule has 48 valence electrons. The molecule has 0 amide bonds. The van der Waals surface area contributed by atoms with Gasteiger partial charge in [0, 0.05) is 5.57 Å². The number of hydrogen-bond donors (Lipinski definition) is 0. The number of allylic oxidation sites excluding steroid dienone is 1. The zero-order chi connectivity index (χ0) is 6.69. The predicted octanol–water partition coefficient (Wildman–Crippen LogP) is 1.39. The van der Waals surface area contributed by atoms with Crippen molar-refractivity contribution in [2.45, 2.75) is 12.8 Å². The van der Waals surface area contributed by atoms with E-state index in [0.29, 0.717) is 0 Å². The van der Waals surface area contributed by atoms with Gasteiger partial charge in [-0.15, -0.1) is 0 Å². The van der Waals surface area contributed by atoms with Crippen LogP contribution in [0.3, 0.4) is 0 Å². The first-order valence-electron chi connectivity index (χ1n) is 2.85. The second-order valence-corrected chi connectivity index (χ2v) is 1.84. The summed E-state index contributed by atoms with van der Waals surface area (Å²) in [6, 6.07) is 0. The van der Waals surface area contributed by atoms with Gasteiger partial charge in [-0.1, -0.05) is 12.7 Å². The highest BCUT2D eigenvalue weighted by Crippen LogP contribution is 2.18. The second kappa shape index (κ2) is 2.49. The molecule has 0 heterocycles. The molecule has 1 aliphatic rings. The van der Waals surface area contributed by atoms with E-state index in [0.717, 1.165) is 24.7 Å². The molecule has 0 aromatic rings. The fourth-order valence-electron chi connectivity index (χ4n) is 0.625. The van der Waals surface area contributed by atoms with E-state index in [-0.39, 0.29) is 5.97 Å². The quantitative estimate of drug-likeness (QED) is 0.410. The molecule has 0 aromatic heterocycles. The molecule has 2 heteroatoms. The van der Waals surface area contributed by atoms with Gasteiger partial charge in [-0.3, -0.25) is 0 Å². The van der Waals surface area contributed by atoms with Crippen molar-refractivity contribution in [3.63, 3.8) is 0 Å². The minimum Gasteiger partial charge on any atom is -0.432 e. The maximum Gasteiger partial charge on any atom is 0.338 e. The van der Waals surface area contributed by atoms with E-state index in [1.165, 1.54) is 0 Å². The molecule has 9 heavy (non-hydrogen) atoms. The summed E-state index contributed by atoms with van der Waals surface area (Å²) >= 11 is 0. The predicted molar refractivity (Wildman–Crippen MR) is 33.6 cm³/mol. The van der Waals surface area contributed by atoms with Crippen LogP contribution in [-0.2, 0) is 9.53 Å². The van der Waals surface area contributed by atoms with Crippen LogP contribution in [0.4, 0.5) is 0 Å². The summed E-state index contributed by atoms with van der Waals surface area (Å²) in [5.74, 6) is -0.253. The van der Waals surface area contributed by atoms with Gasteiger partial charge in [-0.2, -0.15) is 0 Å². The Balaban J connectivity index is 2.42. The van der Waals surface area contributed by atoms with Crippen molar-refractivity contribution < 1.29 is 9.53 Å². The van der Waals surface area contributed by atoms with Crippen LogP contribution in [0.15, 0.2) is 24.5 Å². The molecule has 0 atom stereocenters. The highest BCUT2D eigenvalue weighted by molar-refractivity contribution is 5.90. The van der Waals surface area contributed by atoms with Crippen LogP contribution < -0.4 is 0 Å². The molecule has 0 radical (unpaired) electrons. The van der Waals surface area contributed by atoms with Crippen LogP contribution in [-0.4, -0.2) is 5.97 Å². The number of ether oxygens (including phenoxy) is 1. The van der Waals surface area contributed by atoms with Gasteiger partial charge in [0.05, 0.1) is 6.26 Å². The number of hydrogen-bond acceptors (Lipinski definition) is 2. The topological polar surface area (TPSA) is 26.3 Å². The van der Waals surface area contributed by atoms with Crippen molar-refractivity contribution in [1.82, 2.24) is 0 Å². The smallest absolute Gasteiger partial charge is 0.338 e. The Morgan fingerprint density at radius 1 is 1.89 bits per heavy atom. The summed E-state index contributed by atoms with van der Waals surface area (Å²) in [6.07, 6.45) is 4.88. The Labute approximate surface area is 53.8 Å². The number of esters is 1. The van der Waals surface area contributed by atoms with E-state index in [4.69, 9.17) is 0 Å². The van der Waals surface area contributed by atoms with Crippen molar-refractivity contribution in [1.29, 1.82) is 0 Å². The molecular weight excluding hydrogens is 116 g/mol. The molecule has 0 saturated heterocycles. The van der Waals surface area contributed by atoms with Gasteiger partial charge in [0.2, 0.25) is 0 Å². The van der Waals surface area contributed by atoms with Gasteiger partial charge >= 0.3 is 5.97 Å². The average molecular weight is 124 g/mol. The third-order valence-corrected chi connectivity index (χ3v) is 1.26. The molecule has 0 spiro atoms. The van der Waals surface area contributed by atoms with Crippen LogP contribution in [0, 0.1) is 0 Å². The van der Waals surface area contributed by atoms with Crippen molar-refractivity contribution in [2.75, 3.05) is 0 Å². The Hall–Kier alpha value is -1.05. The molecule has 0 N–H and O–H groups in total. The number of rotatable bonds is 2. The van der Waals surface area contributed by atoms with Gasteiger partial charge in [0.25, 0.3) is 0 Å². The maximum atomic E-state index is 10.7. The molecular formula is C7H8O2. The van der Waals surface area contributed by atoms with E-state index >= 15 is 0 Å². The fraction of sp³-hybridized carbons (Fsp3) is 0.286. The van der Waals surface area contributed by atoms with Crippen LogP contribution >= 0.6 is 0 Å². The third kappa shape index (κ3) is 1.19. The fourth-order valence-corrected chi connectivity index (χ4v) is 0.625. The van der Waals surface area contributed by atoms with Gasteiger partial charge < -0.3 is 4.74 Å². The first-order valence-corrected chi connectivity index (χ1v) is 2.85. The highest BCUT2D eigenvalue weighted by Gasteiger charge is 2.14. The lowest BCUT2D eigenvalue weighted by molar-refractivity contribution is -0.134. The van der Waals surface area contributed by atoms with Gasteiger partial charge in [-0.05, 0) is 12.8 Å². The summed E-state index contributed by atoms with van der Waals surface area (Å²) in [5.41, 5.74) is 0.773. The summed E-state index contributed by atoms with van der Waals surface area (Å²) in [7, 11) is 0. The summed E-state index contributed by atoms with van der Waals surface area (Å²) in [6.45, 7) is 3.27. The molecule has 0 aromatic carbocycles. The van der Waals surface area contributed by atoms with Crippen LogP contribution in [0.1, 0.15) is 12.8 Å². The molecule has 0 unspecified atom stereocenters. The van der Waals surface area contributed by atoms with Gasteiger partial charge in [0.1, 0.15) is 0 Å². The van der Waals surface area contributed by atoms with Crippen LogP contribution in [0.2, 0.25) is 0 Å². The lowest BCUT2D eigenvalue weighted by Crippen LogP contribution is -2.08. The Kier molecular flexibility index (Phi) is 1.68. The minimum atomic E-state index is -0.253. The SMILES string of the molecule is C=COC(=O)C1=CCC1. The van der Waals surface area contributed by atoms with E-state index in [1.807, 2.05) is 6.08 Å². The Morgan fingerprint density at radius 2 is 2.56 bits per heavy atom. The van der Waals surface area contributed by atoms with E-state index in [2.05, 4.69) is 11.3 Å². The Bertz CT molecular complexity index is 168. The first-order chi connectivity index (χ1) is 4.34. The minimum absolute atomic E-state index is 0.253. The van der Waals surface area contributed by atoms with Gasteiger partial charge in [-0.25, -0.2) is 4.79 Å². The maximum absolute atomic E-state index is 10.7. The van der Waals surface area contributed by atoms with Crippen molar-refractivity contribution in [3.05, 3.63) is 24.5 Å². The molecule has 0 saturated carbocycles. The highest BCUT2D eigenvalue weighted by atomic mass is 16.5. The third-order valence-electron chi connectivity index (χ3n) is 1.26. The van der Waals surface area contributed by atoms with Gasteiger partial charge in [0.15, 0.2) is 0 Å². The Morgan fingerprint density at radius 3 is 2.89 bits per heavy atom. The zero-order valence-corrected chi connectivity index (χ0v) is 5.09. The lowest BCUT2D eigenvalue weighted by atomic mass is 10.00.